The highest BCUT2D eigenvalue weighted by Crippen LogP contribution is 2.27. The Bertz CT molecular complexity index is 1360. The number of rotatable bonds is 5. The molecule has 1 fully saturated rings. The highest BCUT2D eigenvalue weighted by atomic mass is 35.5. The number of benzene rings is 2. The standard InChI is InChI=1S/C24H24ClNO6S/c1-15-10-21-18(12-23(27)32-22(21)11-16(15)2)14-31-24(28)17-4-3-9-26(13-17)33(29,30)20-7-5-19(25)6-8-20/h5-8,10-12,17H,3-4,9,13-14H2,1-2H3. The molecule has 33 heavy (non-hydrogen) atoms. The molecule has 0 amide bonds. The molecule has 1 atom stereocenters. The predicted molar refractivity (Wildman–Crippen MR) is 125 cm³/mol. The molecule has 2 heterocycles. The molecule has 3 aromatic rings. The van der Waals surface area contributed by atoms with E-state index in [0.29, 0.717) is 40.9 Å². The van der Waals surface area contributed by atoms with E-state index in [1.165, 1.54) is 34.6 Å². The minimum absolute atomic E-state index is 0.0414. The third kappa shape index (κ3) is 4.98. The third-order valence-corrected chi connectivity index (χ3v) is 8.11. The van der Waals surface area contributed by atoms with Gasteiger partial charge in [0.1, 0.15) is 12.2 Å². The van der Waals surface area contributed by atoms with Gasteiger partial charge in [0.25, 0.3) is 0 Å². The van der Waals surface area contributed by atoms with Crippen molar-refractivity contribution in [2.24, 2.45) is 5.92 Å². The fraction of sp³-hybridized carbons (Fsp3) is 0.333. The molecule has 1 aliphatic heterocycles. The number of sulfonamides is 1. The van der Waals surface area contributed by atoms with Crippen molar-refractivity contribution < 1.29 is 22.4 Å². The maximum Gasteiger partial charge on any atom is 0.336 e. The number of carbonyl (C=O) groups is 1. The van der Waals surface area contributed by atoms with Crippen LogP contribution < -0.4 is 5.63 Å². The van der Waals surface area contributed by atoms with Gasteiger partial charge in [-0.15, -0.1) is 0 Å². The topological polar surface area (TPSA) is 93.9 Å². The van der Waals surface area contributed by atoms with E-state index in [1.807, 2.05) is 19.9 Å². The Morgan fingerprint density at radius 1 is 1.15 bits per heavy atom. The Hall–Kier alpha value is -2.68. The SMILES string of the molecule is Cc1cc2oc(=O)cc(COC(=O)C3CCCN(S(=O)(=O)c4ccc(Cl)cc4)C3)c2cc1C. The van der Waals surface area contributed by atoms with Crippen LogP contribution in [0.2, 0.25) is 5.02 Å². The van der Waals surface area contributed by atoms with Gasteiger partial charge in [-0.05, 0) is 74.2 Å². The number of hydrogen-bond acceptors (Lipinski definition) is 6. The number of aryl methyl sites for hydroxylation is 2. The Labute approximate surface area is 197 Å². The second-order valence-electron chi connectivity index (χ2n) is 8.29. The van der Waals surface area contributed by atoms with Gasteiger partial charge < -0.3 is 9.15 Å². The molecule has 1 unspecified atom stereocenters. The number of carbonyl (C=O) groups excluding carboxylic acids is 1. The van der Waals surface area contributed by atoms with E-state index >= 15 is 0 Å². The number of fused-ring (bicyclic) bond motifs is 1. The van der Waals surface area contributed by atoms with Crippen molar-refractivity contribution in [3.05, 3.63) is 74.6 Å². The van der Waals surface area contributed by atoms with Crippen LogP contribution in [0.5, 0.6) is 0 Å². The molecule has 4 rings (SSSR count). The lowest BCUT2D eigenvalue weighted by molar-refractivity contribution is -0.151. The first-order valence-electron chi connectivity index (χ1n) is 10.6. The monoisotopic (exact) mass is 489 g/mol. The fourth-order valence-electron chi connectivity index (χ4n) is 3.98. The highest BCUT2D eigenvalue weighted by Gasteiger charge is 2.34. The molecule has 9 heteroatoms. The van der Waals surface area contributed by atoms with E-state index in [-0.39, 0.29) is 18.0 Å². The summed E-state index contributed by atoms with van der Waals surface area (Å²) in [5.41, 5.74) is 2.49. The van der Waals surface area contributed by atoms with Crippen molar-refractivity contribution in [3.63, 3.8) is 0 Å². The Morgan fingerprint density at radius 2 is 1.85 bits per heavy atom. The van der Waals surface area contributed by atoms with Crippen LogP contribution >= 0.6 is 11.6 Å². The first kappa shape index (κ1) is 23.5. The molecule has 0 aliphatic carbocycles. The second kappa shape index (κ2) is 9.29. The Morgan fingerprint density at radius 3 is 2.58 bits per heavy atom. The molecular formula is C24H24ClNO6S. The van der Waals surface area contributed by atoms with Gasteiger partial charge in [0.05, 0.1) is 10.8 Å². The lowest BCUT2D eigenvalue weighted by Gasteiger charge is -2.30. The number of halogens is 1. The van der Waals surface area contributed by atoms with Crippen molar-refractivity contribution in [1.29, 1.82) is 0 Å². The van der Waals surface area contributed by atoms with E-state index in [1.54, 1.807) is 6.07 Å². The van der Waals surface area contributed by atoms with Crippen molar-refractivity contribution in [2.45, 2.75) is 38.2 Å². The van der Waals surface area contributed by atoms with Crippen molar-refractivity contribution in [1.82, 2.24) is 4.31 Å². The molecule has 0 spiro atoms. The van der Waals surface area contributed by atoms with Crippen molar-refractivity contribution in [2.75, 3.05) is 13.1 Å². The third-order valence-electron chi connectivity index (χ3n) is 5.98. The summed E-state index contributed by atoms with van der Waals surface area (Å²) in [6, 6.07) is 11.0. The van der Waals surface area contributed by atoms with Gasteiger partial charge in [0.15, 0.2) is 0 Å². The molecule has 1 saturated heterocycles. The zero-order chi connectivity index (χ0) is 23.8. The van der Waals surface area contributed by atoms with Crippen LogP contribution in [-0.2, 0) is 26.2 Å². The predicted octanol–water partition coefficient (Wildman–Crippen LogP) is 4.21. The van der Waals surface area contributed by atoms with Gasteiger partial charge in [-0.3, -0.25) is 4.79 Å². The van der Waals surface area contributed by atoms with Crippen LogP contribution in [0.3, 0.4) is 0 Å². The van der Waals surface area contributed by atoms with Gasteiger partial charge in [0, 0.05) is 35.1 Å². The lowest BCUT2D eigenvalue weighted by atomic mass is 10.00. The molecule has 0 N–H and O–H groups in total. The number of nitrogens with zero attached hydrogens (tertiary/aromatic N) is 1. The van der Waals surface area contributed by atoms with Crippen LogP contribution in [0.25, 0.3) is 11.0 Å². The Kier molecular flexibility index (Phi) is 6.61. The summed E-state index contributed by atoms with van der Waals surface area (Å²) in [4.78, 5) is 24.9. The minimum Gasteiger partial charge on any atom is -0.461 e. The van der Waals surface area contributed by atoms with E-state index in [0.717, 1.165) is 11.1 Å². The van der Waals surface area contributed by atoms with Crippen LogP contribution in [0.1, 0.15) is 29.5 Å². The van der Waals surface area contributed by atoms with Gasteiger partial charge in [0.2, 0.25) is 10.0 Å². The summed E-state index contributed by atoms with van der Waals surface area (Å²) < 4.78 is 38.1. The van der Waals surface area contributed by atoms with E-state index < -0.39 is 27.5 Å². The van der Waals surface area contributed by atoms with Crippen LogP contribution in [-0.4, -0.2) is 31.8 Å². The highest BCUT2D eigenvalue weighted by molar-refractivity contribution is 7.89. The van der Waals surface area contributed by atoms with Crippen LogP contribution in [0.4, 0.5) is 0 Å². The number of piperidine rings is 1. The molecular weight excluding hydrogens is 466 g/mol. The van der Waals surface area contributed by atoms with E-state index in [9.17, 15) is 18.0 Å². The molecule has 0 bridgehead atoms. The summed E-state index contributed by atoms with van der Waals surface area (Å²) in [6.07, 6.45) is 1.07. The normalized spacial score (nSPS) is 17.2. The van der Waals surface area contributed by atoms with Crippen LogP contribution in [0, 0.1) is 19.8 Å². The van der Waals surface area contributed by atoms with Gasteiger partial charge in [-0.1, -0.05) is 11.6 Å². The average molecular weight is 490 g/mol. The minimum atomic E-state index is -3.74. The smallest absolute Gasteiger partial charge is 0.336 e. The molecule has 7 nitrogen and oxygen atoms in total. The summed E-state index contributed by atoms with van der Waals surface area (Å²) in [7, 11) is -3.74. The molecule has 0 radical (unpaired) electrons. The first-order valence-corrected chi connectivity index (χ1v) is 12.4. The first-order chi connectivity index (χ1) is 15.6. The zero-order valence-electron chi connectivity index (χ0n) is 18.3. The maximum absolute atomic E-state index is 13.0. The molecule has 2 aromatic carbocycles. The quantitative estimate of drug-likeness (QED) is 0.393. The maximum atomic E-state index is 13.0. The lowest BCUT2D eigenvalue weighted by Crippen LogP contribution is -2.42. The zero-order valence-corrected chi connectivity index (χ0v) is 19.9. The molecule has 174 valence electrons. The van der Waals surface area contributed by atoms with E-state index in [2.05, 4.69) is 0 Å². The summed E-state index contributed by atoms with van der Waals surface area (Å²) in [6.45, 7) is 4.16. The van der Waals surface area contributed by atoms with Crippen molar-refractivity contribution >= 4 is 38.6 Å². The number of esters is 1. The average Bonchev–Trinajstić information content (AvgIpc) is 2.79. The van der Waals surface area contributed by atoms with Crippen molar-refractivity contribution in [3.8, 4) is 0 Å². The second-order valence-corrected chi connectivity index (χ2v) is 10.7. The summed E-state index contributed by atoms with van der Waals surface area (Å²) in [5.74, 6) is -1.08. The van der Waals surface area contributed by atoms with Gasteiger partial charge in [-0.2, -0.15) is 4.31 Å². The summed E-state index contributed by atoms with van der Waals surface area (Å²) >= 11 is 5.86. The molecule has 1 aliphatic rings. The fourth-order valence-corrected chi connectivity index (χ4v) is 5.63. The van der Waals surface area contributed by atoms with E-state index in [4.69, 9.17) is 20.8 Å². The molecule has 0 saturated carbocycles. The number of hydrogen-bond donors (Lipinski definition) is 0. The number of ether oxygens (including phenoxy) is 1. The Balaban J connectivity index is 1.49. The largest absolute Gasteiger partial charge is 0.461 e. The summed E-state index contributed by atoms with van der Waals surface area (Å²) in [5, 5.41) is 1.16. The van der Waals surface area contributed by atoms with Gasteiger partial charge in [-0.25, -0.2) is 13.2 Å². The molecule has 1 aromatic heterocycles. The van der Waals surface area contributed by atoms with Crippen LogP contribution in [0.15, 0.2) is 56.6 Å². The van der Waals surface area contributed by atoms with Gasteiger partial charge >= 0.3 is 11.6 Å².